The summed E-state index contributed by atoms with van der Waals surface area (Å²) in [5.74, 6) is -0.273. The van der Waals surface area contributed by atoms with Gasteiger partial charge in [0, 0.05) is 13.1 Å². The van der Waals surface area contributed by atoms with Crippen LogP contribution >= 0.6 is 0 Å². The standard InChI is InChI=1S/C16H18N2O4/c19-15(20)8-9-17-16(21)18(12-14-7-4-10-22-14)11-13-5-2-1-3-6-13/h1-7,10H,8-9,11-12H2,(H,17,21)(H,19,20). The highest BCUT2D eigenvalue weighted by molar-refractivity contribution is 5.75. The Bertz CT molecular complexity index is 596. The van der Waals surface area contributed by atoms with Crippen molar-refractivity contribution < 1.29 is 19.1 Å². The smallest absolute Gasteiger partial charge is 0.318 e. The Hall–Kier alpha value is -2.76. The van der Waals surface area contributed by atoms with Gasteiger partial charge in [-0.2, -0.15) is 0 Å². The summed E-state index contributed by atoms with van der Waals surface area (Å²) in [5.41, 5.74) is 0.988. The van der Waals surface area contributed by atoms with Gasteiger partial charge in [0.25, 0.3) is 0 Å². The lowest BCUT2D eigenvalue weighted by atomic mass is 10.2. The van der Waals surface area contributed by atoms with Crippen molar-refractivity contribution in [3.8, 4) is 0 Å². The Morgan fingerprint density at radius 2 is 1.86 bits per heavy atom. The fourth-order valence-corrected chi connectivity index (χ4v) is 1.98. The number of amides is 2. The topological polar surface area (TPSA) is 82.8 Å². The van der Waals surface area contributed by atoms with Gasteiger partial charge in [-0.05, 0) is 17.7 Å². The first kappa shape index (κ1) is 15.6. The van der Waals surface area contributed by atoms with Crippen LogP contribution in [0.1, 0.15) is 17.7 Å². The molecule has 0 aliphatic carbocycles. The molecule has 0 aliphatic heterocycles. The van der Waals surface area contributed by atoms with Crippen LogP contribution in [0, 0.1) is 0 Å². The van der Waals surface area contributed by atoms with Crippen LogP contribution in [0.15, 0.2) is 53.1 Å². The Labute approximate surface area is 128 Å². The number of hydrogen-bond donors (Lipinski definition) is 2. The highest BCUT2D eigenvalue weighted by Crippen LogP contribution is 2.10. The molecule has 0 fully saturated rings. The predicted molar refractivity (Wildman–Crippen MR) is 80.0 cm³/mol. The van der Waals surface area contributed by atoms with Gasteiger partial charge in [0.05, 0.1) is 19.2 Å². The van der Waals surface area contributed by atoms with E-state index < -0.39 is 5.97 Å². The van der Waals surface area contributed by atoms with Gasteiger partial charge in [-0.15, -0.1) is 0 Å². The SMILES string of the molecule is O=C(O)CCNC(=O)N(Cc1ccccc1)Cc1ccco1. The van der Waals surface area contributed by atoms with E-state index in [2.05, 4.69) is 5.32 Å². The Balaban J connectivity index is 2.00. The number of carbonyl (C=O) groups excluding carboxylic acids is 1. The fraction of sp³-hybridized carbons (Fsp3) is 0.250. The second kappa shape index (κ2) is 7.87. The van der Waals surface area contributed by atoms with Crippen molar-refractivity contribution in [1.82, 2.24) is 10.2 Å². The first-order valence-electron chi connectivity index (χ1n) is 6.96. The third kappa shape index (κ3) is 4.97. The maximum atomic E-state index is 12.2. The van der Waals surface area contributed by atoms with Crippen molar-refractivity contribution in [1.29, 1.82) is 0 Å². The molecule has 2 amide bonds. The molecule has 0 spiro atoms. The first-order chi connectivity index (χ1) is 10.6. The number of rotatable bonds is 7. The highest BCUT2D eigenvalue weighted by atomic mass is 16.4. The van der Waals surface area contributed by atoms with Gasteiger partial charge in [0.15, 0.2) is 0 Å². The Morgan fingerprint density at radius 3 is 2.50 bits per heavy atom. The quantitative estimate of drug-likeness (QED) is 0.823. The largest absolute Gasteiger partial charge is 0.481 e. The molecule has 0 unspecified atom stereocenters. The number of carbonyl (C=O) groups is 2. The van der Waals surface area contributed by atoms with E-state index in [1.54, 1.807) is 23.3 Å². The lowest BCUT2D eigenvalue weighted by Gasteiger charge is -2.22. The molecule has 0 radical (unpaired) electrons. The van der Waals surface area contributed by atoms with Crippen molar-refractivity contribution in [2.24, 2.45) is 0 Å². The summed E-state index contributed by atoms with van der Waals surface area (Å²) >= 11 is 0. The molecule has 1 heterocycles. The van der Waals surface area contributed by atoms with Crippen molar-refractivity contribution in [2.75, 3.05) is 6.54 Å². The Morgan fingerprint density at radius 1 is 1.09 bits per heavy atom. The van der Waals surface area contributed by atoms with E-state index in [0.29, 0.717) is 18.8 Å². The van der Waals surface area contributed by atoms with Crippen LogP contribution in [0.4, 0.5) is 4.79 Å². The monoisotopic (exact) mass is 302 g/mol. The molecule has 1 aromatic carbocycles. The molecule has 0 saturated carbocycles. The van der Waals surface area contributed by atoms with Gasteiger partial charge in [-0.25, -0.2) is 4.79 Å². The van der Waals surface area contributed by atoms with Crippen LogP contribution in [-0.2, 0) is 17.9 Å². The Kier molecular flexibility index (Phi) is 5.59. The number of carboxylic acid groups (broad SMARTS) is 1. The van der Waals surface area contributed by atoms with Crippen LogP contribution in [0.3, 0.4) is 0 Å². The molecule has 6 heteroatoms. The third-order valence-corrected chi connectivity index (χ3v) is 3.05. The summed E-state index contributed by atoms with van der Waals surface area (Å²) in [6, 6.07) is 12.8. The van der Waals surface area contributed by atoms with E-state index in [1.807, 2.05) is 30.3 Å². The molecule has 116 valence electrons. The van der Waals surface area contributed by atoms with Gasteiger partial charge in [0.1, 0.15) is 5.76 Å². The first-order valence-corrected chi connectivity index (χ1v) is 6.96. The zero-order valence-corrected chi connectivity index (χ0v) is 12.1. The minimum Gasteiger partial charge on any atom is -0.481 e. The molecule has 0 saturated heterocycles. The lowest BCUT2D eigenvalue weighted by molar-refractivity contribution is -0.136. The summed E-state index contributed by atoms with van der Waals surface area (Å²) in [6.45, 7) is 0.832. The second-order valence-corrected chi connectivity index (χ2v) is 4.80. The van der Waals surface area contributed by atoms with Crippen LogP contribution in [0.25, 0.3) is 0 Å². The summed E-state index contributed by atoms with van der Waals surface area (Å²) in [4.78, 5) is 24.3. The number of urea groups is 1. The number of furan rings is 1. The van der Waals surface area contributed by atoms with E-state index in [9.17, 15) is 9.59 Å². The summed E-state index contributed by atoms with van der Waals surface area (Å²) < 4.78 is 5.28. The summed E-state index contributed by atoms with van der Waals surface area (Å²) in [5, 5.41) is 11.2. The van der Waals surface area contributed by atoms with Crippen LogP contribution < -0.4 is 5.32 Å². The second-order valence-electron chi connectivity index (χ2n) is 4.80. The third-order valence-electron chi connectivity index (χ3n) is 3.05. The van der Waals surface area contributed by atoms with E-state index >= 15 is 0 Å². The molecule has 0 bridgehead atoms. The number of carboxylic acids is 1. The van der Waals surface area contributed by atoms with Gasteiger partial charge < -0.3 is 19.7 Å². The maximum Gasteiger partial charge on any atom is 0.318 e. The number of nitrogens with one attached hydrogen (secondary N) is 1. The summed E-state index contributed by atoms with van der Waals surface area (Å²) in [6.07, 6.45) is 1.45. The highest BCUT2D eigenvalue weighted by Gasteiger charge is 2.15. The molecule has 22 heavy (non-hydrogen) atoms. The molecule has 6 nitrogen and oxygen atoms in total. The molecule has 2 aromatic rings. The molecular weight excluding hydrogens is 284 g/mol. The molecule has 2 rings (SSSR count). The van der Waals surface area contributed by atoms with Crippen LogP contribution in [0.2, 0.25) is 0 Å². The average molecular weight is 302 g/mol. The predicted octanol–water partition coefficient (Wildman–Crippen LogP) is 2.47. The average Bonchev–Trinajstić information content (AvgIpc) is 3.00. The maximum absolute atomic E-state index is 12.2. The molecule has 0 aliphatic rings. The molecule has 1 aromatic heterocycles. The molecule has 2 N–H and O–H groups in total. The van der Waals surface area contributed by atoms with Crippen molar-refractivity contribution in [3.63, 3.8) is 0 Å². The van der Waals surface area contributed by atoms with Crippen LogP contribution in [0.5, 0.6) is 0 Å². The summed E-state index contributed by atoms with van der Waals surface area (Å²) in [7, 11) is 0. The molecular formula is C16H18N2O4. The zero-order chi connectivity index (χ0) is 15.8. The number of nitrogens with zero attached hydrogens (tertiary/aromatic N) is 1. The van der Waals surface area contributed by atoms with Gasteiger partial charge >= 0.3 is 12.0 Å². The van der Waals surface area contributed by atoms with E-state index in [-0.39, 0.29) is 19.0 Å². The van der Waals surface area contributed by atoms with E-state index in [4.69, 9.17) is 9.52 Å². The minimum absolute atomic E-state index is 0.0949. The van der Waals surface area contributed by atoms with Crippen LogP contribution in [-0.4, -0.2) is 28.6 Å². The molecule has 0 atom stereocenters. The van der Waals surface area contributed by atoms with Gasteiger partial charge in [-0.1, -0.05) is 30.3 Å². The number of aliphatic carboxylic acids is 1. The van der Waals surface area contributed by atoms with Crippen molar-refractivity contribution in [3.05, 3.63) is 60.1 Å². The normalized spacial score (nSPS) is 10.2. The van der Waals surface area contributed by atoms with Gasteiger partial charge in [0.2, 0.25) is 0 Å². The minimum atomic E-state index is -0.944. The van der Waals surface area contributed by atoms with Gasteiger partial charge in [-0.3, -0.25) is 4.79 Å². The van der Waals surface area contributed by atoms with Crippen molar-refractivity contribution in [2.45, 2.75) is 19.5 Å². The number of benzene rings is 1. The van der Waals surface area contributed by atoms with E-state index in [0.717, 1.165) is 5.56 Å². The van der Waals surface area contributed by atoms with Crippen molar-refractivity contribution >= 4 is 12.0 Å². The zero-order valence-electron chi connectivity index (χ0n) is 12.1. The van der Waals surface area contributed by atoms with E-state index in [1.165, 1.54) is 0 Å². The lowest BCUT2D eigenvalue weighted by Crippen LogP contribution is -2.39. The fourth-order valence-electron chi connectivity index (χ4n) is 1.98. The number of hydrogen-bond acceptors (Lipinski definition) is 3.